The van der Waals surface area contributed by atoms with Crippen LogP contribution in [-0.2, 0) is 34.3 Å². The van der Waals surface area contributed by atoms with Gasteiger partial charge in [0.15, 0.2) is 22.1 Å². The van der Waals surface area contributed by atoms with Gasteiger partial charge in [0.1, 0.15) is 18.8 Å². The largest absolute Gasteiger partial charge is 1.00 e. The number of rotatable bonds is 6. The zero-order valence-corrected chi connectivity index (χ0v) is 17.7. The fourth-order valence-electron chi connectivity index (χ4n) is 2.08. The molecule has 1 aromatic heterocycles. The predicted molar refractivity (Wildman–Crippen MR) is 81.6 cm³/mol. The fraction of sp³-hybridized carbons (Fsp3) is 0.364. The van der Waals surface area contributed by atoms with E-state index in [-0.39, 0.29) is 44.8 Å². The number of amides is 2. The van der Waals surface area contributed by atoms with Gasteiger partial charge in [0.05, 0.1) is 7.11 Å². The van der Waals surface area contributed by atoms with Gasteiger partial charge >= 0.3 is 35.5 Å². The number of oxime groups is 1. The Hall–Kier alpha value is -1.78. The van der Waals surface area contributed by atoms with Gasteiger partial charge in [0, 0.05) is 5.38 Å². The average molecular weight is 430 g/mol. The number of hydrogen-bond acceptors (Lipinski definition) is 12. The number of aromatic nitrogens is 1. The van der Waals surface area contributed by atoms with Crippen LogP contribution in [0.15, 0.2) is 10.5 Å². The predicted octanol–water partition coefficient (Wildman–Crippen LogP) is -5.47. The number of methoxy groups -OCH3 is 1. The van der Waals surface area contributed by atoms with Gasteiger partial charge in [0.2, 0.25) is 0 Å². The molecule has 2 rings (SSSR count). The van der Waals surface area contributed by atoms with Crippen LogP contribution in [0.2, 0.25) is 0 Å². The van der Waals surface area contributed by atoms with Crippen LogP contribution in [0.25, 0.3) is 0 Å². The molecule has 0 bridgehead atoms. The van der Waals surface area contributed by atoms with E-state index in [2.05, 4.69) is 25.0 Å². The topological polar surface area (TPSA) is 188 Å². The Bertz CT molecular complexity index is 884. The van der Waals surface area contributed by atoms with Crippen molar-refractivity contribution in [3.63, 3.8) is 0 Å². The summed E-state index contributed by atoms with van der Waals surface area (Å²) >= 11 is 0.786. The van der Waals surface area contributed by atoms with Crippen molar-refractivity contribution in [1.82, 2.24) is 14.6 Å². The van der Waals surface area contributed by atoms with E-state index in [0.29, 0.717) is 0 Å². The Morgan fingerprint density at radius 2 is 2.07 bits per heavy atom. The van der Waals surface area contributed by atoms with Gasteiger partial charge in [-0.3, -0.25) is 9.59 Å². The van der Waals surface area contributed by atoms with Crippen molar-refractivity contribution in [1.29, 1.82) is 0 Å². The number of aromatic hydroxyl groups is 1. The third-order valence-corrected chi connectivity index (χ3v) is 4.69. The van der Waals surface area contributed by atoms with Crippen molar-refractivity contribution in [2.24, 2.45) is 5.16 Å². The number of esters is 1. The molecule has 0 unspecified atom stereocenters. The summed E-state index contributed by atoms with van der Waals surface area (Å²) in [6.07, 6.45) is 0. The van der Waals surface area contributed by atoms with E-state index in [1.807, 2.05) is 0 Å². The van der Waals surface area contributed by atoms with Gasteiger partial charge < -0.3 is 24.6 Å². The van der Waals surface area contributed by atoms with Crippen molar-refractivity contribution >= 4 is 45.1 Å². The smallest absolute Gasteiger partial charge is 0.731 e. The molecule has 2 amide bonds. The zero-order chi connectivity index (χ0) is 19.6. The molecule has 2 heterocycles. The summed E-state index contributed by atoms with van der Waals surface area (Å²) in [4.78, 5) is 44.0. The first kappa shape index (κ1) is 23.3. The number of nitrogens with zero attached hydrogens (tertiary/aromatic N) is 3. The summed E-state index contributed by atoms with van der Waals surface area (Å²) in [6, 6.07) is -3.53. The number of hydrogen-bond donors (Lipinski definition) is 2. The zero-order valence-electron chi connectivity index (χ0n) is 14.1. The van der Waals surface area contributed by atoms with E-state index in [0.717, 1.165) is 25.6 Å². The van der Waals surface area contributed by atoms with E-state index in [9.17, 15) is 32.5 Å². The van der Waals surface area contributed by atoms with Crippen molar-refractivity contribution < 1.29 is 71.6 Å². The first-order valence-electron chi connectivity index (χ1n) is 6.55. The summed E-state index contributed by atoms with van der Waals surface area (Å²) in [5.74, 6) is -3.60. The molecule has 0 aliphatic carbocycles. The van der Waals surface area contributed by atoms with Gasteiger partial charge in [0.25, 0.3) is 17.0 Å². The Balaban J connectivity index is 0.00000364. The van der Waals surface area contributed by atoms with Crippen LogP contribution in [-0.4, -0.2) is 77.2 Å². The normalized spacial score (nSPS) is 19.6. The molecule has 142 valence electrons. The second-order valence-electron chi connectivity index (χ2n) is 4.65. The maximum atomic E-state index is 12.3. The van der Waals surface area contributed by atoms with Gasteiger partial charge in [-0.05, 0) is 0 Å². The van der Waals surface area contributed by atoms with Crippen LogP contribution in [0.4, 0.5) is 0 Å². The van der Waals surface area contributed by atoms with Crippen LogP contribution in [0, 0.1) is 0 Å². The molecule has 0 saturated carbocycles. The molecule has 1 aliphatic heterocycles. The van der Waals surface area contributed by atoms with E-state index in [1.54, 1.807) is 0 Å². The molecule has 0 radical (unpaired) electrons. The number of β-lactam (4-membered cyclic amide) rings is 1. The number of nitrogens with one attached hydrogen (secondary N) is 1. The molecule has 2 atom stereocenters. The number of carbonyl (C=O) groups is 3. The van der Waals surface area contributed by atoms with Crippen molar-refractivity contribution in [3.8, 4) is 5.19 Å². The van der Waals surface area contributed by atoms with Crippen molar-refractivity contribution in [2.75, 3.05) is 14.2 Å². The first-order valence-corrected chi connectivity index (χ1v) is 8.80. The third kappa shape index (κ3) is 4.74. The minimum Gasteiger partial charge on any atom is -0.731 e. The maximum Gasteiger partial charge on any atom is 1.00 e. The minimum atomic E-state index is -5.28. The molecule has 27 heavy (non-hydrogen) atoms. The van der Waals surface area contributed by atoms with E-state index < -0.39 is 45.9 Å². The van der Waals surface area contributed by atoms with Crippen LogP contribution in [0.5, 0.6) is 5.19 Å². The number of ether oxygens (including phenoxy) is 1. The summed E-state index contributed by atoms with van der Waals surface area (Å²) in [7, 11) is -3.25. The van der Waals surface area contributed by atoms with E-state index >= 15 is 0 Å². The number of thiazole rings is 1. The molecule has 16 heteroatoms. The Morgan fingerprint density at radius 3 is 2.52 bits per heavy atom. The standard InChI is InChI=1S/C11H12N4O9S2.Na/c1-23-10(18)7-6(9(17)15(7)26(20,21)22)13-8(16)5(14-24-2)4-3-25-11(19)12-4;/h3,6-7H,1-2H3,(H,12,19)(H,13,16)(H,20,21,22);/q;+1/p-1/t6-,7-;/m1./s1. The molecule has 0 spiro atoms. The molecule has 1 aliphatic rings. The molecule has 13 nitrogen and oxygen atoms in total. The van der Waals surface area contributed by atoms with Crippen molar-refractivity contribution in [2.45, 2.75) is 12.1 Å². The molecule has 2 N–H and O–H groups in total. The fourth-order valence-corrected chi connectivity index (χ4v) is 3.44. The summed E-state index contributed by atoms with van der Waals surface area (Å²) in [5, 5.41) is 15.6. The van der Waals surface area contributed by atoms with Gasteiger partial charge in [-0.25, -0.2) is 22.5 Å². The minimum absolute atomic E-state index is 0. The SMILES string of the molecule is CON=C(C(=O)N[C@H]1C(=O)N(S(=O)(=O)[O-])[C@H]1C(=O)OC)c1csc(O)n1.[Na+]. The molecular formula is C11H11N4NaO9S2. The van der Waals surface area contributed by atoms with Crippen LogP contribution < -0.4 is 34.9 Å². The Labute approximate surface area is 178 Å². The maximum absolute atomic E-state index is 12.3. The molecule has 1 aromatic rings. The monoisotopic (exact) mass is 430 g/mol. The second kappa shape index (κ2) is 8.94. The Kier molecular flexibility index (Phi) is 7.70. The summed E-state index contributed by atoms with van der Waals surface area (Å²) < 4.78 is 37.4. The molecular weight excluding hydrogens is 419 g/mol. The first-order chi connectivity index (χ1) is 12.1. The summed E-state index contributed by atoms with van der Waals surface area (Å²) in [5.41, 5.74) is -0.551. The average Bonchev–Trinajstić information content (AvgIpc) is 2.98. The molecule has 0 aromatic carbocycles. The molecule has 1 saturated heterocycles. The van der Waals surface area contributed by atoms with Crippen molar-refractivity contribution in [3.05, 3.63) is 11.1 Å². The second-order valence-corrected chi connectivity index (χ2v) is 6.73. The quantitative estimate of drug-likeness (QED) is 0.110. The third-order valence-electron chi connectivity index (χ3n) is 3.15. The van der Waals surface area contributed by atoms with Gasteiger partial charge in [-0.2, -0.15) is 0 Å². The van der Waals surface area contributed by atoms with E-state index in [1.165, 1.54) is 5.38 Å². The van der Waals surface area contributed by atoms with E-state index in [4.69, 9.17) is 0 Å². The van der Waals surface area contributed by atoms with Gasteiger partial charge in [-0.1, -0.05) is 16.5 Å². The Morgan fingerprint density at radius 1 is 1.44 bits per heavy atom. The number of carbonyl (C=O) groups excluding carboxylic acids is 3. The van der Waals surface area contributed by atoms with Crippen LogP contribution in [0.3, 0.4) is 0 Å². The summed E-state index contributed by atoms with van der Waals surface area (Å²) in [6.45, 7) is 0. The molecule has 1 fully saturated rings. The van der Waals surface area contributed by atoms with Crippen LogP contribution >= 0.6 is 11.3 Å². The van der Waals surface area contributed by atoms with Crippen LogP contribution in [0.1, 0.15) is 5.69 Å². The van der Waals surface area contributed by atoms with Gasteiger partial charge in [-0.15, -0.1) is 0 Å².